The van der Waals surface area contributed by atoms with Crippen molar-refractivity contribution in [2.75, 3.05) is 0 Å². The van der Waals surface area contributed by atoms with Crippen molar-refractivity contribution >= 4 is 11.8 Å². The minimum absolute atomic E-state index is 0.0816. The molecule has 0 aromatic heterocycles. The molecule has 1 aliphatic carbocycles. The van der Waals surface area contributed by atoms with Crippen LogP contribution in [0.2, 0.25) is 0 Å². The van der Waals surface area contributed by atoms with Gasteiger partial charge in [-0.1, -0.05) is 45.0 Å². The summed E-state index contributed by atoms with van der Waals surface area (Å²) in [6, 6.07) is 7.59. The molecular formula is C17H21FO3. The number of rotatable bonds is 5. The van der Waals surface area contributed by atoms with Gasteiger partial charge in [0.1, 0.15) is 5.78 Å². The summed E-state index contributed by atoms with van der Waals surface area (Å²) >= 11 is 0. The van der Waals surface area contributed by atoms with Gasteiger partial charge in [-0.2, -0.15) is 0 Å². The van der Waals surface area contributed by atoms with Crippen LogP contribution in [0.3, 0.4) is 0 Å². The van der Waals surface area contributed by atoms with Crippen LogP contribution in [0.25, 0.3) is 0 Å². The minimum atomic E-state index is -0.970. The van der Waals surface area contributed by atoms with Crippen LogP contribution in [0.4, 0.5) is 4.53 Å². The number of Topliss-reactive ketones (excluding diaryl/α,β-unsaturated/α-hetero) is 1. The highest BCUT2D eigenvalue weighted by atomic mass is 19.3. The first kappa shape index (κ1) is 15.7. The summed E-state index contributed by atoms with van der Waals surface area (Å²) in [6.45, 7) is 5.63. The number of carbonyl (C=O) groups is 2. The van der Waals surface area contributed by atoms with E-state index in [1.807, 2.05) is 45.0 Å². The predicted octanol–water partition coefficient (Wildman–Crippen LogP) is 3.86. The van der Waals surface area contributed by atoms with Crippen molar-refractivity contribution in [3.05, 3.63) is 35.4 Å². The highest BCUT2D eigenvalue weighted by Crippen LogP contribution is 2.39. The molecular weight excluding hydrogens is 271 g/mol. The maximum atomic E-state index is 12.5. The number of hydrogen-bond donors (Lipinski definition) is 0. The molecule has 1 saturated carbocycles. The van der Waals surface area contributed by atoms with Gasteiger partial charge in [-0.3, -0.25) is 9.74 Å². The maximum Gasteiger partial charge on any atom is 0.359 e. The number of ketones is 1. The Morgan fingerprint density at radius 3 is 2.29 bits per heavy atom. The van der Waals surface area contributed by atoms with Gasteiger partial charge in [-0.05, 0) is 29.4 Å². The van der Waals surface area contributed by atoms with Crippen molar-refractivity contribution < 1.29 is 19.1 Å². The zero-order valence-electron chi connectivity index (χ0n) is 12.7. The van der Waals surface area contributed by atoms with Crippen molar-refractivity contribution in [2.45, 2.75) is 51.4 Å². The fraction of sp³-hybridized carbons (Fsp3) is 0.529. The van der Waals surface area contributed by atoms with Crippen LogP contribution in [0, 0.1) is 5.92 Å². The van der Waals surface area contributed by atoms with Crippen LogP contribution in [0.5, 0.6) is 0 Å². The van der Waals surface area contributed by atoms with Crippen LogP contribution in [-0.2, 0) is 19.9 Å². The van der Waals surface area contributed by atoms with Crippen molar-refractivity contribution in [3.63, 3.8) is 0 Å². The molecule has 0 bridgehead atoms. The van der Waals surface area contributed by atoms with Crippen LogP contribution in [-0.4, -0.2) is 11.8 Å². The SMILES string of the molecule is CCC(C(=O)OF)(c1ccc(C2CC(=O)C2)cc1)C(C)C. The molecule has 0 amide bonds. The topological polar surface area (TPSA) is 43.4 Å². The second-order valence-electron chi connectivity index (χ2n) is 6.11. The Labute approximate surface area is 124 Å². The Bertz CT molecular complexity index is 527. The monoisotopic (exact) mass is 292 g/mol. The Morgan fingerprint density at radius 1 is 1.33 bits per heavy atom. The van der Waals surface area contributed by atoms with Gasteiger partial charge >= 0.3 is 5.97 Å². The summed E-state index contributed by atoms with van der Waals surface area (Å²) in [5, 5.41) is 0. The summed E-state index contributed by atoms with van der Waals surface area (Å²) in [6.07, 6.45) is 1.65. The molecule has 0 N–H and O–H groups in total. The third kappa shape index (κ3) is 2.59. The molecule has 0 heterocycles. The Balaban J connectivity index is 2.33. The van der Waals surface area contributed by atoms with Crippen molar-refractivity contribution in [1.82, 2.24) is 0 Å². The third-order valence-electron chi connectivity index (χ3n) is 4.82. The molecule has 1 atom stereocenters. The van der Waals surface area contributed by atoms with Crippen molar-refractivity contribution in [1.29, 1.82) is 0 Å². The average molecular weight is 292 g/mol. The van der Waals surface area contributed by atoms with E-state index < -0.39 is 11.4 Å². The highest BCUT2D eigenvalue weighted by Gasteiger charge is 2.44. The summed E-state index contributed by atoms with van der Waals surface area (Å²) < 4.78 is 12.5. The molecule has 1 aromatic rings. The van der Waals surface area contributed by atoms with E-state index in [1.165, 1.54) is 0 Å². The molecule has 1 aromatic carbocycles. The largest absolute Gasteiger partial charge is 0.359 e. The molecule has 1 fully saturated rings. The van der Waals surface area contributed by atoms with E-state index in [9.17, 15) is 14.1 Å². The van der Waals surface area contributed by atoms with Crippen LogP contribution < -0.4 is 0 Å². The zero-order valence-corrected chi connectivity index (χ0v) is 12.7. The molecule has 0 radical (unpaired) electrons. The molecule has 0 aliphatic heterocycles. The Hall–Kier alpha value is -1.71. The van der Waals surface area contributed by atoms with E-state index >= 15 is 0 Å². The Kier molecular flexibility index (Phi) is 4.45. The quantitative estimate of drug-likeness (QED) is 0.827. The van der Waals surface area contributed by atoms with Gasteiger partial charge in [0.15, 0.2) is 0 Å². The third-order valence-corrected chi connectivity index (χ3v) is 4.82. The highest BCUT2D eigenvalue weighted by molar-refractivity contribution is 5.86. The predicted molar refractivity (Wildman–Crippen MR) is 77.4 cm³/mol. The van der Waals surface area contributed by atoms with E-state index in [1.54, 1.807) is 0 Å². The van der Waals surface area contributed by atoms with Crippen LogP contribution in [0.1, 0.15) is 57.1 Å². The smallest absolute Gasteiger partial charge is 0.300 e. The molecule has 114 valence electrons. The first-order valence-corrected chi connectivity index (χ1v) is 7.40. The molecule has 0 spiro atoms. The number of carbonyl (C=O) groups excluding carboxylic acids is 2. The van der Waals surface area contributed by atoms with Gasteiger partial charge < -0.3 is 0 Å². The van der Waals surface area contributed by atoms with E-state index in [0.717, 1.165) is 11.1 Å². The lowest BCUT2D eigenvalue weighted by Crippen LogP contribution is -2.41. The van der Waals surface area contributed by atoms with Crippen LogP contribution >= 0.6 is 0 Å². The van der Waals surface area contributed by atoms with E-state index in [0.29, 0.717) is 19.3 Å². The van der Waals surface area contributed by atoms with Gasteiger partial charge in [0.2, 0.25) is 0 Å². The number of hydrogen-bond acceptors (Lipinski definition) is 3. The summed E-state index contributed by atoms with van der Waals surface area (Å²) in [5.41, 5.74) is 0.890. The molecule has 1 unspecified atom stereocenters. The Morgan fingerprint density at radius 2 is 1.90 bits per heavy atom. The summed E-state index contributed by atoms with van der Waals surface area (Å²) in [5.74, 6) is -0.349. The lowest BCUT2D eigenvalue weighted by Gasteiger charge is -2.33. The van der Waals surface area contributed by atoms with Gasteiger partial charge in [0.25, 0.3) is 0 Å². The summed E-state index contributed by atoms with van der Waals surface area (Å²) in [7, 11) is 0. The molecule has 1 aliphatic rings. The number of halogens is 1. The number of benzene rings is 1. The molecule has 0 saturated heterocycles. The second-order valence-corrected chi connectivity index (χ2v) is 6.11. The molecule has 4 heteroatoms. The minimum Gasteiger partial charge on any atom is -0.300 e. The van der Waals surface area contributed by atoms with E-state index in [4.69, 9.17) is 0 Å². The standard InChI is InChI=1S/C17H21FO3/c1-4-17(11(2)3,16(20)21-18)14-7-5-12(6-8-14)13-9-15(19)10-13/h5-8,11,13H,4,9-10H2,1-3H3. The van der Waals surface area contributed by atoms with Crippen LogP contribution in [0.15, 0.2) is 24.3 Å². The summed E-state index contributed by atoms with van der Waals surface area (Å²) in [4.78, 5) is 26.6. The molecule has 3 nitrogen and oxygen atoms in total. The van der Waals surface area contributed by atoms with Crippen molar-refractivity contribution in [3.8, 4) is 0 Å². The molecule has 2 rings (SSSR count). The molecule has 21 heavy (non-hydrogen) atoms. The van der Waals surface area contributed by atoms with Gasteiger partial charge in [0.05, 0.1) is 5.41 Å². The second kappa shape index (κ2) is 5.96. The van der Waals surface area contributed by atoms with Gasteiger partial charge in [-0.15, -0.1) is 0 Å². The maximum absolute atomic E-state index is 12.5. The normalized spacial score (nSPS) is 18.2. The van der Waals surface area contributed by atoms with Gasteiger partial charge in [0, 0.05) is 17.4 Å². The lowest BCUT2D eigenvalue weighted by molar-refractivity contribution is -0.193. The van der Waals surface area contributed by atoms with Crippen molar-refractivity contribution in [2.24, 2.45) is 5.92 Å². The zero-order chi connectivity index (χ0) is 15.6. The fourth-order valence-electron chi connectivity index (χ4n) is 3.29. The fourth-order valence-corrected chi connectivity index (χ4v) is 3.29. The first-order chi connectivity index (χ1) is 9.95. The van der Waals surface area contributed by atoms with E-state index in [2.05, 4.69) is 4.94 Å². The van der Waals surface area contributed by atoms with Gasteiger partial charge in [-0.25, -0.2) is 4.79 Å². The average Bonchev–Trinajstić information content (AvgIpc) is 2.45. The van der Waals surface area contributed by atoms with E-state index in [-0.39, 0.29) is 17.6 Å². The lowest BCUT2D eigenvalue weighted by atomic mass is 9.69. The first-order valence-electron chi connectivity index (χ1n) is 7.40.